The molecule has 2 rings (SSSR count). The van der Waals surface area contributed by atoms with Crippen molar-refractivity contribution < 1.29 is 25.9 Å². The van der Waals surface area contributed by atoms with E-state index in [1.165, 1.54) is 16.9 Å². The fourth-order valence-corrected chi connectivity index (χ4v) is 3.61. The maximum Gasteiger partial charge on any atom is 0.366 e. The minimum Gasteiger partial charge on any atom is -0.269 e. The number of nitrogens with one attached hydrogen (secondary N) is 1. The zero-order valence-corrected chi connectivity index (χ0v) is 13.2. The van der Waals surface area contributed by atoms with Crippen LogP contribution in [-0.2, 0) is 20.6 Å². The van der Waals surface area contributed by atoms with E-state index >= 15 is 0 Å². The normalized spacial score (nSPS) is 12.1. The number of hydrogen-bond acceptors (Lipinski definition) is 5. The van der Waals surface area contributed by atoms with Gasteiger partial charge in [0.25, 0.3) is 0 Å². The fourth-order valence-electron chi connectivity index (χ4n) is 1.88. The van der Waals surface area contributed by atoms with Gasteiger partial charge >= 0.3 is 20.6 Å². The van der Waals surface area contributed by atoms with Crippen LogP contribution in [0.5, 0.6) is 0 Å². The Kier molecular flexibility index (Phi) is 4.35. The summed E-state index contributed by atoms with van der Waals surface area (Å²) >= 11 is 4.65. The van der Waals surface area contributed by atoms with E-state index in [2.05, 4.69) is 12.2 Å². The lowest BCUT2D eigenvalue weighted by atomic mass is 10.1. The van der Waals surface area contributed by atoms with Gasteiger partial charge in [-0.25, -0.2) is 4.72 Å². The number of rotatable bonds is 3. The van der Waals surface area contributed by atoms with Crippen molar-refractivity contribution in [1.29, 1.82) is 0 Å². The topological polar surface area (TPSA) is 124 Å². The van der Waals surface area contributed by atoms with E-state index in [1.807, 2.05) is 0 Å². The Balaban J connectivity index is 2.67. The molecule has 2 aromatic carbocycles. The van der Waals surface area contributed by atoms with E-state index < -0.39 is 25.7 Å². The summed E-state index contributed by atoms with van der Waals surface area (Å²) in [6.07, 6.45) is 0. The lowest BCUT2D eigenvalue weighted by molar-refractivity contribution is 0.478. The highest BCUT2D eigenvalue weighted by atomic mass is 32.2. The second-order valence-electron chi connectivity index (χ2n) is 4.12. The van der Waals surface area contributed by atoms with Crippen LogP contribution in [-0.4, -0.2) is 31.1 Å². The van der Waals surface area contributed by atoms with Crippen molar-refractivity contribution in [3.63, 3.8) is 0 Å². The van der Waals surface area contributed by atoms with Crippen LogP contribution in [0.15, 0.2) is 42.5 Å². The molecule has 0 aliphatic heterocycles. The van der Waals surface area contributed by atoms with E-state index in [1.54, 1.807) is 30.3 Å². The van der Waals surface area contributed by atoms with Gasteiger partial charge in [0.05, 0.1) is 5.69 Å². The van der Waals surface area contributed by atoms with Gasteiger partial charge in [-0.2, -0.15) is 21.1 Å². The summed E-state index contributed by atoms with van der Waals surface area (Å²) in [6.45, 7) is 0. The van der Waals surface area contributed by atoms with Gasteiger partial charge in [0.1, 0.15) is 0 Å². The minimum atomic E-state index is -4.93. The first-order chi connectivity index (χ1) is 10.1. The molecule has 0 aromatic heterocycles. The SMILES string of the molecule is O=S(=O)(O)NC(=S)N(c1cccc2ccccc12)S(=O)(=O)O. The Morgan fingerprint density at radius 2 is 1.59 bits per heavy atom. The van der Waals surface area contributed by atoms with Crippen LogP contribution in [0.25, 0.3) is 10.8 Å². The predicted octanol–water partition coefficient (Wildman–Crippen LogP) is 1.13. The lowest BCUT2D eigenvalue weighted by Crippen LogP contribution is -2.45. The quantitative estimate of drug-likeness (QED) is 0.552. The first-order valence-electron chi connectivity index (χ1n) is 5.64. The van der Waals surface area contributed by atoms with Gasteiger partial charge in [-0.05, 0) is 23.7 Å². The molecule has 0 atom stereocenters. The van der Waals surface area contributed by atoms with Crippen molar-refractivity contribution in [2.75, 3.05) is 4.31 Å². The van der Waals surface area contributed by atoms with Crippen molar-refractivity contribution in [2.24, 2.45) is 0 Å². The van der Waals surface area contributed by atoms with E-state index in [4.69, 9.17) is 4.55 Å². The Morgan fingerprint density at radius 1 is 1.00 bits per heavy atom. The largest absolute Gasteiger partial charge is 0.366 e. The van der Waals surface area contributed by atoms with Gasteiger partial charge in [-0.3, -0.25) is 9.11 Å². The second kappa shape index (κ2) is 5.78. The molecule has 0 aliphatic carbocycles. The van der Waals surface area contributed by atoms with Gasteiger partial charge in [-0.1, -0.05) is 36.4 Å². The predicted molar refractivity (Wildman–Crippen MR) is 85.3 cm³/mol. The van der Waals surface area contributed by atoms with Crippen molar-refractivity contribution in [3.05, 3.63) is 42.5 Å². The van der Waals surface area contributed by atoms with Crippen LogP contribution < -0.4 is 9.03 Å². The molecule has 22 heavy (non-hydrogen) atoms. The van der Waals surface area contributed by atoms with Gasteiger partial charge in [0.2, 0.25) is 5.11 Å². The summed E-state index contributed by atoms with van der Waals surface area (Å²) in [5, 5.41) is 0.131. The van der Waals surface area contributed by atoms with Crippen LogP contribution in [0.4, 0.5) is 5.69 Å². The molecule has 118 valence electrons. The third-order valence-electron chi connectivity index (χ3n) is 2.62. The molecule has 0 amide bonds. The Hall–Kier alpha value is -1.79. The number of anilines is 1. The Morgan fingerprint density at radius 3 is 2.18 bits per heavy atom. The van der Waals surface area contributed by atoms with E-state index in [0.717, 1.165) is 0 Å². The molecule has 0 unspecified atom stereocenters. The average Bonchev–Trinajstić information content (AvgIpc) is 2.35. The third-order valence-corrected chi connectivity index (χ3v) is 4.44. The lowest BCUT2D eigenvalue weighted by Gasteiger charge is -2.22. The van der Waals surface area contributed by atoms with Crippen LogP contribution in [0.2, 0.25) is 0 Å². The molecule has 0 saturated carbocycles. The van der Waals surface area contributed by atoms with Crippen LogP contribution in [0, 0.1) is 0 Å². The maximum atomic E-state index is 11.6. The van der Waals surface area contributed by atoms with Crippen molar-refractivity contribution in [3.8, 4) is 0 Å². The molecule has 3 N–H and O–H groups in total. The van der Waals surface area contributed by atoms with E-state index in [0.29, 0.717) is 10.8 Å². The molecule has 0 saturated heterocycles. The standard InChI is InChI=1S/C11H10N2O6S3/c14-21(15,16)12-11(20)13(22(17,18)19)10-7-3-5-8-4-1-2-6-9(8)10/h1-7H,(H,12,20)(H,14,15,16)(H,17,18,19). The number of hydrogen-bond donors (Lipinski definition) is 3. The van der Waals surface area contributed by atoms with Gasteiger partial charge < -0.3 is 0 Å². The molecule has 0 spiro atoms. The van der Waals surface area contributed by atoms with Crippen molar-refractivity contribution in [2.45, 2.75) is 0 Å². The van der Waals surface area contributed by atoms with Crippen molar-refractivity contribution >= 4 is 54.4 Å². The van der Waals surface area contributed by atoms with E-state index in [9.17, 15) is 21.4 Å². The average molecular weight is 362 g/mol. The molecule has 0 bridgehead atoms. The van der Waals surface area contributed by atoms with Gasteiger partial charge in [0, 0.05) is 5.39 Å². The minimum absolute atomic E-state index is 0.0678. The third kappa shape index (κ3) is 3.69. The summed E-state index contributed by atoms with van der Waals surface area (Å²) in [5.41, 5.74) is -0.0678. The van der Waals surface area contributed by atoms with Crippen molar-refractivity contribution in [1.82, 2.24) is 4.72 Å². The number of benzene rings is 2. The summed E-state index contributed by atoms with van der Waals surface area (Å²) in [5.74, 6) is 0. The summed E-state index contributed by atoms with van der Waals surface area (Å²) in [7, 11) is -9.73. The van der Waals surface area contributed by atoms with E-state index in [-0.39, 0.29) is 9.99 Å². The number of thiocarbonyl (C=S) groups is 1. The second-order valence-corrected chi connectivity index (χ2v) is 6.92. The molecule has 11 heteroatoms. The molecular formula is C11H10N2O6S3. The smallest absolute Gasteiger partial charge is 0.269 e. The first kappa shape index (κ1) is 16.6. The highest BCUT2D eigenvalue weighted by molar-refractivity contribution is 7.92. The monoisotopic (exact) mass is 362 g/mol. The summed E-state index contributed by atoms with van der Waals surface area (Å²) < 4.78 is 64.5. The highest BCUT2D eigenvalue weighted by Crippen LogP contribution is 2.28. The summed E-state index contributed by atoms with van der Waals surface area (Å²) in [4.78, 5) is 0. The molecule has 0 heterocycles. The molecule has 0 radical (unpaired) electrons. The molecule has 0 aliphatic rings. The zero-order chi connectivity index (χ0) is 16.5. The molecule has 2 aromatic rings. The zero-order valence-electron chi connectivity index (χ0n) is 10.7. The maximum absolute atomic E-state index is 11.6. The Labute approximate surface area is 132 Å². The van der Waals surface area contributed by atoms with Crippen LogP contribution in [0.3, 0.4) is 0 Å². The van der Waals surface area contributed by atoms with Crippen LogP contribution >= 0.6 is 12.2 Å². The number of fused-ring (bicyclic) bond motifs is 1. The summed E-state index contributed by atoms with van der Waals surface area (Å²) in [6, 6.07) is 11.1. The number of nitrogens with zero attached hydrogens (tertiary/aromatic N) is 1. The van der Waals surface area contributed by atoms with Gasteiger partial charge in [0.15, 0.2) is 0 Å². The molecule has 8 nitrogen and oxygen atoms in total. The first-order valence-corrected chi connectivity index (χ1v) is 8.89. The Bertz CT molecular complexity index is 934. The van der Waals surface area contributed by atoms with Gasteiger partial charge in [-0.15, -0.1) is 0 Å². The highest BCUT2D eigenvalue weighted by Gasteiger charge is 2.28. The van der Waals surface area contributed by atoms with Crippen LogP contribution in [0.1, 0.15) is 0 Å². The fraction of sp³-hybridized carbons (Fsp3) is 0. The molecular weight excluding hydrogens is 352 g/mol. The molecule has 0 fully saturated rings.